The van der Waals surface area contributed by atoms with Crippen LogP contribution in [-0.2, 0) is 25.4 Å². The van der Waals surface area contributed by atoms with Crippen molar-refractivity contribution in [3.05, 3.63) is 27.5 Å². The molecule has 0 unspecified atom stereocenters. The van der Waals surface area contributed by atoms with Gasteiger partial charge in [0.05, 0.1) is 6.54 Å². The van der Waals surface area contributed by atoms with Crippen molar-refractivity contribution in [3.8, 4) is 0 Å². The van der Waals surface area contributed by atoms with Gasteiger partial charge in [0, 0.05) is 30.2 Å². The first-order chi connectivity index (χ1) is 10.7. The normalized spacial score (nSPS) is 15.6. The van der Waals surface area contributed by atoms with Crippen LogP contribution in [0.15, 0.2) is 10.7 Å². The van der Waals surface area contributed by atoms with E-state index in [1.807, 2.05) is 7.05 Å². The highest BCUT2D eigenvalue weighted by Crippen LogP contribution is 2.35. The van der Waals surface area contributed by atoms with E-state index in [1.54, 1.807) is 0 Å². The minimum atomic E-state index is -0.851. The Hall–Kier alpha value is -1.56. The molecule has 5 nitrogen and oxygen atoms in total. The molecule has 0 atom stereocenters. The van der Waals surface area contributed by atoms with Gasteiger partial charge in [-0.25, -0.2) is 9.78 Å². The van der Waals surface area contributed by atoms with Crippen molar-refractivity contribution >= 4 is 33.1 Å². The number of hydrogen-bond donors (Lipinski definition) is 1. The van der Waals surface area contributed by atoms with Gasteiger partial charge in [-0.3, -0.25) is 0 Å². The van der Waals surface area contributed by atoms with E-state index in [1.165, 1.54) is 10.6 Å². The number of nitrogens with zero attached hydrogens (tertiary/aromatic N) is 3. The highest BCUT2D eigenvalue weighted by Gasteiger charge is 2.26. The lowest BCUT2D eigenvalue weighted by molar-refractivity contribution is 0.143. The summed E-state index contributed by atoms with van der Waals surface area (Å²) in [5.41, 5.74) is 4.34. The van der Waals surface area contributed by atoms with Gasteiger partial charge < -0.3 is 14.6 Å². The molecule has 23 heavy (non-hydrogen) atoms. The fourth-order valence-corrected chi connectivity index (χ4v) is 4.21. The van der Waals surface area contributed by atoms with Crippen LogP contribution in [0, 0.1) is 0 Å². The van der Waals surface area contributed by atoms with Crippen LogP contribution >= 0.6 is 15.9 Å². The molecule has 0 aromatic carbocycles. The Morgan fingerprint density at radius 3 is 2.70 bits per heavy atom. The van der Waals surface area contributed by atoms with Gasteiger partial charge in [-0.2, -0.15) is 0 Å². The van der Waals surface area contributed by atoms with Crippen LogP contribution in [0.5, 0.6) is 0 Å². The molecule has 1 N–H and O–H groups in total. The van der Waals surface area contributed by atoms with Gasteiger partial charge in [0.1, 0.15) is 10.3 Å². The second kappa shape index (κ2) is 5.51. The zero-order valence-electron chi connectivity index (χ0n) is 14.0. The van der Waals surface area contributed by atoms with Crippen molar-refractivity contribution in [2.24, 2.45) is 7.05 Å². The van der Waals surface area contributed by atoms with E-state index < -0.39 is 6.09 Å². The van der Waals surface area contributed by atoms with E-state index in [0.717, 1.165) is 39.6 Å². The lowest BCUT2D eigenvalue weighted by Crippen LogP contribution is -2.28. The molecule has 2 aromatic heterocycles. The quantitative estimate of drug-likeness (QED) is 0.702. The van der Waals surface area contributed by atoms with Crippen LogP contribution in [0.4, 0.5) is 4.79 Å². The van der Waals surface area contributed by atoms with E-state index >= 15 is 0 Å². The summed E-state index contributed by atoms with van der Waals surface area (Å²) in [6.45, 7) is 7.50. The maximum absolute atomic E-state index is 11.4. The van der Waals surface area contributed by atoms with E-state index in [4.69, 9.17) is 4.98 Å². The third-order valence-electron chi connectivity index (χ3n) is 4.62. The first kappa shape index (κ1) is 16.3. The first-order valence-corrected chi connectivity index (χ1v) is 8.64. The Bertz CT molecular complexity index is 789. The van der Waals surface area contributed by atoms with Crippen LogP contribution in [0.1, 0.15) is 44.0 Å². The smallest absolute Gasteiger partial charge is 0.407 e. The number of rotatable bonds is 0. The van der Waals surface area contributed by atoms with Crippen molar-refractivity contribution in [2.45, 2.75) is 45.6 Å². The van der Waals surface area contributed by atoms with E-state index in [-0.39, 0.29) is 5.41 Å². The molecular formula is C17H22BrN3O2. The van der Waals surface area contributed by atoms with Gasteiger partial charge in [0.2, 0.25) is 0 Å². The lowest BCUT2D eigenvalue weighted by atomic mass is 9.87. The van der Waals surface area contributed by atoms with Gasteiger partial charge in [-0.05, 0) is 45.8 Å². The Morgan fingerprint density at radius 2 is 2.09 bits per heavy atom. The van der Waals surface area contributed by atoms with Gasteiger partial charge >= 0.3 is 6.09 Å². The largest absolute Gasteiger partial charge is 0.465 e. The molecule has 0 fully saturated rings. The van der Waals surface area contributed by atoms with Gasteiger partial charge in [0.15, 0.2) is 0 Å². The van der Waals surface area contributed by atoms with Crippen LogP contribution in [-0.4, -0.2) is 32.2 Å². The summed E-state index contributed by atoms with van der Waals surface area (Å²) in [6, 6.07) is 2.18. The molecule has 2 aromatic rings. The minimum Gasteiger partial charge on any atom is -0.465 e. The molecule has 3 heterocycles. The molecule has 0 spiro atoms. The average Bonchev–Trinajstić information content (AvgIpc) is 2.63. The SMILES string of the molecule is Cn1c2c(c3cc(C(C)(C)C)c(Br)nc31)CN(C(=O)O)CCC2. The highest BCUT2D eigenvalue weighted by atomic mass is 79.9. The standard InChI is InChI=1S/C17H22BrN3O2/c1-17(2,3)12-8-10-11-9-21(16(22)23)7-5-6-13(11)20(4)15(10)19-14(12)18/h8H,5-7,9H2,1-4H3,(H,22,23). The van der Waals surface area contributed by atoms with Crippen molar-refractivity contribution in [2.75, 3.05) is 6.54 Å². The predicted octanol–water partition coefficient (Wildman–Crippen LogP) is 4.06. The summed E-state index contributed by atoms with van der Waals surface area (Å²) < 4.78 is 2.98. The van der Waals surface area contributed by atoms with E-state index in [0.29, 0.717) is 13.1 Å². The second-order valence-corrected chi connectivity index (χ2v) is 7.99. The van der Waals surface area contributed by atoms with Crippen LogP contribution in [0.3, 0.4) is 0 Å². The van der Waals surface area contributed by atoms with Gasteiger partial charge in [-0.1, -0.05) is 20.8 Å². The summed E-state index contributed by atoms with van der Waals surface area (Å²) in [7, 11) is 2.02. The maximum Gasteiger partial charge on any atom is 0.407 e. The zero-order chi connectivity index (χ0) is 16.9. The van der Waals surface area contributed by atoms with Crippen molar-refractivity contribution in [1.29, 1.82) is 0 Å². The highest BCUT2D eigenvalue weighted by molar-refractivity contribution is 9.10. The van der Waals surface area contributed by atoms with Gasteiger partial charge in [0.25, 0.3) is 0 Å². The topological polar surface area (TPSA) is 58.4 Å². The van der Waals surface area contributed by atoms with Crippen LogP contribution in [0.25, 0.3) is 11.0 Å². The summed E-state index contributed by atoms with van der Waals surface area (Å²) >= 11 is 3.60. The average molecular weight is 380 g/mol. The molecule has 0 bridgehead atoms. The van der Waals surface area contributed by atoms with Crippen molar-refractivity contribution in [3.63, 3.8) is 0 Å². The molecule has 0 aliphatic carbocycles. The number of amides is 1. The molecule has 1 aliphatic rings. The summed E-state index contributed by atoms with van der Waals surface area (Å²) in [4.78, 5) is 17.7. The summed E-state index contributed by atoms with van der Waals surface area (Å²) in [5, 5.41) is 10.5. The lowest BCUT2D eigenvalue weighted by Gasteiger charge is -2.21. The fraction of sp³-hybridized carbons (Fsp3) is 0.529. The summed E-state index contributed by atoms with van der Waals surface area (Å²) in [6.07, 6.45) is 0.876. The Kier molecular flexibility index (Phi) is 3.91. The number of pyridine rings is 1. The molecule has 0 radical (unpaired) electrons. The summed E-state index contributed by atoms with van der Waals surface area (Å²) in [5.74, 6) is 0. The maximum atomic E-state index is 11.4. The number of aromatic nitrogens is 2. The third kappa shape index (κ3) is 2.73. The second-order valence-electron chi connectivity index (χ2n) is 7.24. The number of hydrogen-bond acceptors (Lipinski definition) is 2. The molecule has 1 aliphatic heterocycles. The third-order valence-corrected chi connectivity index (χ3v) is 5.23. The predicted molar refractivity (Wildman–Crippen MR) is 93.9 cm³/mol. The Balaban J connectivity index is 2.25. The van der Waals surface area contributed by atoms with Crippen LogP contribution in [0.2, 0.25) is 0 Å². The van der Waals surface area contributed by atoms with Crippen molar-refractivity contribution < 1.29 is 9.90 Å². The zero-order valence-corrected chi connectivity index (χ0v) is 15.6. The Morgan fingerprint density at radius 1 is 1.39 bits per heavy atom. The molecule has 0 saturated heterocycles. The molecule has 0 saturated carbocycles. The minimum absolute atomic E-state index is 0.0278. The number of carbonyl (C=O) groups is 1. The molecule has 1 amide bonds. The molecule has 124 valence electrons. The van der Waals surface area contributed by atoms with Crippen molar-refractivity contribution in [1.82, 2.24) is 14.5 Å². The molecule has 6 heteroatoms. The number of aryl methyl sites for hydroxylation is 1. The van der Waals surface area contributed by atoms with E-state index in [9.17, 15) is 9.90 Å². The van der Waals surface area contributed by atoms with Crippen LogP contribution < -0.4 is 0 Å². The molecule has 3 rings (SSSR count). The number of carboxylic acid groups (broad SMARTS) is 1. The monoisotopic (exact) mass is 379 g/mol. The first-order valence-electron chi connectivity index (χ1n) is 7.85. The number of halogens is 1. The van der Waals surface area contributed by atoms with Gasteiger partial charge in [-0.15, -0.1) is 0 Å². The number of fused-ring (bicyclic) bond motifs is 3. The molecular weight excluding hydrogens is 358 g/mol. The van der Waals surface area contributed by atoms with E-state index in [2.05, 4.69) is 47.3 Å². The Labute approximate surface area is 144 Å². The fourth-order valence-electron chi connectivity index (χ4n) is 3.34.